The molecule has 0 radical (unpaired) electrons. The second-order valence-electron chi connectivity index (χ2n) is 2.10. The van der Waals surface area contributed by atoms with E-state index in [4.69, 9.17) is 5.11 Å². The summed E-state index contributed by atoms with van der Waals surface area (Å²) in [7, 11) is 1.74. The van der Waals surface area contributed by atoms with Gasteiger partial charge in [0.25, 0.3) is 0 Å². The quantitative estimate of drug-likeness (QED) is 0.535. The Morgan fingerprint density at radius 2 is 2.58 bits per heavy atom. The van der Waals surface area contributed by atoms with Crippen molar-refractivity contribution in [3.05, 3.63) is 0 Å². The first-order chi connectivity index (χ1) is 5.74. The van der Waals surface area contributed by atoms with E-state index < -0.39 is 6.10 Å². The lowest BCUT2D eigenvalue weighted by Gasteiger charge is -2.01. The van der Waals surface area contributed by atoms with Crippen LogP contribution < -0.4 is 0 Å². The third kappa shape index (κ3) is 2.50. The lowest BCUT2D eigenvalue weighted by molar-refractivity contribution is 0.273. The molecule has 1 heterocycles. The predicted molar refractivity (Wildman–Crippen MR) is 49.2 cm³/mol. The number of aliphatic hydroxyl groups excluding tert-OH is 1. The fourth-order valence-electron chi connectivity index (χ4n) is 0.543. The van der Waals surface area contributed by atoms with Crippen LogP contribution in [0.2, 0.25) is 0 Å². The molecule has 0 amide bonds. The number of hydrogen-bond donors (Lipinski definition) is 1. The Morgan fingerprint density at radius 3 is 3.08 bits per heavy atom. The summed E-state index contributed by atoms with van der Waals surface area (Å²) in [5.74, 6) is 0.484. The summed E-state index contributed by atoms with van der Waals surface area (Å²) in [6.07, 6.45) is -0.582. The van der Waals surface area contributed by atoms with Crippen molar-refractivity contribution in [3.63, 3.8) is 0 Å². The average Bonchev–Trinajstić information content (AvgIpc) is 2.47. The highest BCUT2D eigenvalue weighted by molar-refractivity contribution is 7.99. The summed E-state index contributed by atoms with van der Waals surface area (Å²) in [6.45, 7) is 0. The number of thiocarbonyl (C=S) groups is 1. The number of hydrogen-bond acceptors (Lipinski definition) is 6. The van der Waals surface area contributed by atoms with E-state index >= 15 is 0 Å². The van der Waals surface area contributed by atoms with Crippen LogP contribution in [0.4, 0.5) is 0 Å². The monoisotopic (exact) mass is 204 g/mol. The largest absolute Gasteiger partial charge is 0.387 e. The van der Waals surface area contributed by atoms with Gasteiger partial charge in [0, 0.05) is 18.2 Å². The van der Waals surface area contributed by atoms with Crippen LogP contribution in [0.1, 0.15) is 0 Å². The molecule has 1 atom stereocenters. The van der Waals surface area contributed by atoms with E-state index in [1.807, 2.05) is 0 Å². The molecule has 0 fully saturated rings. The summed E-state index contributed by atoms with van der Waals surface area (Å²) in [4.78, 5) is 0. The molecule has 66 valence electrons. The first kappa shape index (κ1) is 9.56. The van der Waals surface area contributed by atoms with Crippen molar-refractivity contribution >= 4 is 29.3 Å². The first-order valence-electron chi connectivity index (χ1n) is 3.22. The minimum absolute atomic E-state index is 0.484. The Labute approximate surface area is 79.2 Å². The Balaban J connectivity index is 2.43. The molecule has 12 heavy (non-hydrogen) atoms. The SMILES string of the molecule is Cn1nnnc1SCC(O)C=S. The van der Waals surface area contributed by atoms with Crippen LogP contribution in [0.3, 0.4) is 0 Å². The molecular weight excluding hydrogens is 196 g/mol. The van der Waals surface area contributed by atoms with E-state index in [-0.39, 0.29) is 0 Å². The zero-order chi connectivity index (χ0) is 8.97. The van der Waals surface area contributed by atoms with E-state index in [2.05, 4.69) is 27.7 Å². The van der Waals surface area contributed by atoms with E-state index in [0.29, 0.717) is 10.9 Å². The topological polar surface area (TPSA) is 63.8 Å². The van der Waals surface area contributed by atoms with Gasteiger partial charge in [0.05, 0.1) is 6.10 Å². The summed E-state index contributed by atoms with van der Waals surface area (Å²) < 4.78 is 1.54. The number of aliphatic hydroxyl groups is 1. The van der Waals surface area contributed by atoms with Crippen molar-refractivity contribution in [1.29, 1.82) is 0 Å². The molecule has 0 aliphatic rings. The number of rotatable bonds is 4. The normalized spacial score (nSPS) is 12.8. The average molecular weight is 204 g/mol. The summed E-state index contributed by atoms with van der Waals surface area (Å²) in [5, 5.41) is 21.9. The van der Waals surface area contributed by atoms with Gasteiger partial charge in [-0.25, -0.2) is 4.68 Å². The fourth-order valence-corrected chi connectivity index (χ4v) is 1.49. The Hall–Kier alpha value is -0.530. The van der Waals surface area contributed by atoms with E-state index in [1.165, 1.54) is 17.1 Å². The highest BCUT2D eigenvalue weighted by Gasteiger charge is 2.05. The maximum Gasteiger partial charge on any atom is 0.209 e. The molecule has 0 bridgehead atoms. The van der Waals surface area contributed by atoms with Gasteiger partial charge in [-0.3, -0.25) is 0 Å². The van der Waals surface area contributed by atoms with Crippen LogP contribution in [-0.4, -0.2) is 42.5 Å². The molecule has 5 nitrogen and oxygen atoms in total. The maximum atomic E-state index is 9.09. The summed E-state index contributed by atoms with van der Waals surface area (Å²) >= 11 is 5.92. The molecule has 1 rings (SSSR count). The van der Waals surface area contributed by atoms with Crippen LogP contribution in [0.5, 0.6) is 0 Å². The van der Waals surface area contributed by atoms with Gasteiger partial charge in [0.2, 0.25) is 5.16 Å². The maximum absolute atomic E-state index is 9.09. The molecule has 1 aromatic heterocycles. The second-order valence-corrected chi connectivity index (χ2v) is 3.36. The molecule has 0 saturated carbocycles. The van der Waals surface area contributed by atoms with Gasteiger partial charge in [-0.2, -0.15) is 0 Å². The van der Waals surface area contributed by atoms with Gasteiger partial charge in [-0.1, -0.05) is 24.0 Å². The van der Waals surface area contributed by atoms with Crippen molar-refractivity contribution < 1.29 is 5.11 Å². The van der Waals surface area contributed by atoms with Crippen molar-refractivity contribution in [2.75, 3.05) is 5.75 Å². The Bertz CT molecular complexity index is 264. The highest BCUT2D eigenvalue weighted by Crippen LogP contribution is 2.12. The van der Waals surface area contributed by atoms with Gasteiger partial charge in [-0.15, -0.1) is 5.10 Å². The van der Waals surface area contributed by atoms with Crippen LogP contribution in [0.15, 0.2) is 5.16 Å². The highest BCUT2D eigenvalue weighted by atomic mass is 32.2. The first-order valence-corrected chi connectivity index (χ1v) is 4.68. The standard InChI is InChI=1S/C5H8N4OS2/c1-9-5(6-7-8-9)12-3-4(10)2-11/h2,4,10H,3H2,1H3. The summed E-state index contributed by atoms with van der Waals surface area (Å²) in [5.41, 5.74) is 0. The molecule has 0 aliphatic carbocycles. The van der Waals surface area contributed by atoms with Crippen molar-refractivity contribution in [3.8, 4) is 0 Å². The molecule has 0 spiro atoms. The van der Waals surface area contributed by atoms with Crippen molar-refractivity contribution in [2.45, 2.75) is 11.3 Å². The smallest absolute Gasteiger partial charge is 0.209 e. The van der Waals surface area contributed by atoms with E-state index in [9.17, 15) is 0 Å². The third-order valence-corrected chi connectivity index (χ3v) is 2.55. The van der Waals surface area contributed by atoms with Crippen LogP contribution in [-0.2, 0) is 7.05 Å². The molecule has 1 aromatic rings. The Kier molecular flexibility index (Phi) is 3.57. The molecule has 1 unspecified atom stereocenters. The number of nitrogens with zero attached hydrogens (tertiary/aromatic N) is 4. The number of tetrazole rings is 1. The van der Waals surface area contributed by atoms with E-state index in [1.54, 1.807) is 11.7 Å². The van der Waals surface area contributed by atoms with Gasteiger partial charge < -0.3 is 5.11 Å². The molecular formula is C5H8N4OS2. The zero-order valence-corrected chi connectivity index (χ0v) is 8.05. The third-order valence-electron chi connectivity index (χ3n) is 1.12. The van der Waals surface area contributed by atoms with Crippen LogP contribution >= 0.6 is 24.0 Å². The minimum atomic E-state index is -0.582. The fraction of sp³-hybridized carbons (Fsp3) is 0.600. The number of aromatic nitrogens is 4. The summed E-state index contributed by atoms with van der Waals surface area (Å²) in [6, 6.07) is 0. The van der Waals surface area contributed by atoms with Crippen molar-refractivity contribution in [2.24, 2.45) is 7.05 Å². The Morgan fingerprint density at radius 1 is 1.83 bits per heavy atom. The van der Waals surface area contributed by atoms with Gasteiger partial charge in [0.15, 0.2) is 0 Å². The molecule has 1 N–H and O–H groups in total. The molecule has 0 aromatic carbocycles. The lowest BCUT2D eigenvalue weighted by Crippen LogP contribution is -2.10. The van der Waals surface area contributed by atoms with Crippen LogP contribution in [0.25, 0.3) is 0 Å². The number of thioether (sulfide) groups is 1. The predicted octanol–water partition coefficient (Wildman–Crippen LogP) is -0.337. The lowest BCUT2D eigenvalue weighted by atomic mass is 10.5. The molecule has 0 aliphatic heterocycles. The molecule has 0 saturated heterocycles. The minimum Gasteiger partial charge on any atom is -0.387 e. The number of aryl methyl sites for hydroxylation is 1. The zero-order valence-electron chi connectivity index (χ0n) is 6.41. The molecule has 7 heteroatoms. The van der Waals surface area contributed by atoms with Gasteiger partial charge in [0.1, 0.15) is 0 Å². The van der Waals surface area contributed by atoms with Crippen LogP contribution in [0, 0.1) is 0 Å². The van der Waals surface area contributed by atoms with Crippen molar-refractivity contribution in [1.82, 2.24) is 20.2 Å². The van der Waals surface area contributed by atoms with Gasteiger partial charge in [-0.05, 0) is 10.4 Å². The van der Waals surface area contributed by atoms with Gasteiger partial charge >= 0.3 is 0 Å². The van der Waals surface area contributed by atoms with E-state index in [0.717, 1.165) is 0 Å². The second kappa shape index (κ2) is 4.48.